The molecule has 0 saturated heterocycles. The lowest BCUT2D eigenvalue weighted by Gasteiger charge is -2.33. The minimum Gasteiger partial charge on any atom is -0.444 e. The molecule has 5 N–H and O–H groups in total. The number of aliphatic hydroxyl groups is 1. The second kappa shape index (κ2) is 8.95. The van der Waals surface area contributed by atoms with Crippen LogP contribution in [0.2, 0.25) is 0 Å². The summed E-state index contributed by atoms with van der Waals surface area (Å²) in [5, 5.41) is 9.60. The molecule has 2 atom stereocenters. The van der Waals surface area contributed by atoms with Crippen LogP contribution in [0.5, 0.6) is 0 Å². The molecule has 0 aromatic heterocycles. The van der Waals surface area contributed by atoms with E-state index < -0.39 is 29.7 Å². The second-order valence-corrected chi connectivity index (χ2v) is 6.90. The predicted octanol–water partition coefficient (Wildman–Crippen LogP) is 0.833. The van der Waals surface area contributed by atoms with Crippen LogP contribution >= 0.6 is 0 Å². The van der Waals surface area contributed by atoms with Gasteiger partial charge in [0.05, 0.1) is 6.10 Å². The van der Waals surface area contributed by atoms with Crippen molar-refractivity contribution in [3.8, 4) is 0 Å². The van der Waals surface area contributed by atoms with E-state index in [9.17, 15) is 14.7 Å². The molecule has 0 bridgehead atoms. The quantitative estimate of drug-likeness (QED) is 0.612. The van der Waals surface area contributed by atoms with Gasteiger partial charge in [0, 0.05) is 13.1 Å². The number of hydrogen-bond donors (Lipinski definition) is 3. The second-order valence-electron chi connectivity index (χ2n) is 6.90. The summed E-state index contributed by atoms with van der Waals surface area (Å²) in [5.41, 5.74) is 10.1. The molecule has 0 aromatic rings. The van der Waals surface area contributed by atoms with Crippen molar-refractivity contribution in [1.29, 1.82) is 0 Å². The van der Waals surface area contributed by atoms with Crippen LogP contribution in [-0.4, -0.2) is 52.8 Å². The molecule has 0 unspecified atom stereocenters. The molecule has 7 nitrogen and oxygen atoms in total. The molecule has 0 radical (unpaired) electrons. The van der Waals surface area contributed by atoms with Crippen molar-refractivity contribution in [3.05, 3.63) is 0 Å². The van der Waals surface area contributed by atoms with Crippen molar-refractivity contribution in [1.82, 2.24) is 4.90 Å². The number of aliphatic hydroxyl groups excluding tert-OH is 1. The highest BCUT2D eigenvalue weighted by atomic mass is 16.6. The van der Waals surface area contributed by atoms with Crippen LogP contribution in [0.25, 0.3) is 0 Å². The molecule has 0 spiro atoms. The molecule has 0 aliphatic rings. The van der Waals surface area contributed by atoms with E-state index in [-0.39, 0.29) is 25.4 Å². The van der Waals surface area contributed by atoms with Gasteiger partial charge in [-0.3, -0.25) is 9.69 Å². The molecule has 22 heavy (non-hydrogen) atoms. The van der Waals surface area contributed by atoms with Gasteiger partial charge < -0.3 is 21.3 Å². The fourth-order valence-corrected chi connectivity index (χ4v) is 1.94. The summed E-state index contributed by atoms with van der Waals surface area (Å²) in [4.78, 5) is 25.4. The lowest BCUT2D eigenvalue weighted by Crippen LogP contribution is -2.51. The first-order valence-electron chi connectivity index (χ1n) is 7.65. The van der Waals surface area contributed by atoms with E-state index in [0.29, 0.717) is 6.42 Å². The zero-order chi connectivity index (χ0) is 17.5. The number of nitrogens with zero attached hydrogens (tertiary/aromatic N) is 1. The van der Waals surface area contributed by atoms with E-state index >= 15 is 0 Å². The highest BCUT2D eigenvalue weighted by molar-refractivity contribution is 5.84. The molecule has 130 valence electrons. The van der Waals surface area contributed by atoms with Crippen molar-refractivity contribution in [2.75, 3.05) is 13.1 Å². The van der Waals surface area contributed by atoms with Crippen molar-refractivity contribution in [3.63, 3.8) is 0 Å². The van der Waals surface area contributed by atoms with Gasteiger partial charge in [-0.05, 0) is 39.5 Å². The Balaban J connectivity index is 5.18. The van der Waals surface area contributed by atoms with E-state index in [2.05, 4.69) is 0 Å². The number of amides is 2. The summed E-state index contributed by atoms with van der Waals surface area (Å²) in [7, 11) is 0. The Morgan fingerprint density at radius 2 is 1.82 bits per heavy atom. The zero-order valence-electron chi connectivity index (χ0n) is 14.3. The molecule has 0 aliphatic carbocycles. The van der Waals surface area contributed by atoms with Gasteiger partial charge in [0.2, 0.25) is 5.91 Å². The number of rotatable bonds is 8. The molecule has 0 saturated carbocycles. The SMILES string of the molecule is CC(C)C[C@@H](C(N)=O)N(CC[C@H](O)CN)C(=O)OC(C)(C)C. The zero-order valence-corrected chi connectivity index (χ0v) is 14.3. The molecule has 0 rings (SSSR count). The van der Waals surface area contributed by atoms with Crippen LogP contribution in [0.4, 0.5) is 4.79 Å². The molecular formula is C15H31N3O4. The molecular weight excluding hydrogens is 286 g/mol. The van der Waals surface area contributed by atoms with Gasteiger partial charge in [-0.15, -0.1) is 0 Å². The highest BCUT2D eigenvalue weighted by Crippen LogP contribution is 2.17. The van der Waals surface area contributed by atoms with Crippen LogP contribution < -0.4 is 11.5 Å². The van der Waals surface area contributed by atoms with Crippen LogP contribution in [0.15, 0.2) is 0 Å². The molecule has 0 aromatic carbocycles. The molecule has 0 aliphatic heterocycles. The van der Waals surface area contributed by atoms with Crippen LogP contribution in [0.3, 0.4) is 0 Å². The number of nitrogens with two attached hydrogens (primary N) is 2. The number of primary amides is 1. The predicted molar refractivity (Wildman–Crippen MR) is 85.1 cm³/mol. The van der Waals surface area contributed by atoms with E-state index in [1.54, 1.807) is 20.8 Å². The van der Waals surface area contributed by atoms with Crippen molar-refractivity contribution in [2.24, 2.45) is 17.4 Å². The van der Waals surface area contributed by atoms with E-state index in [4.69, 9.17) is 16.2 Å². The summed E-state index contributed by atoms with van der Waals surface area (Å²) < 4.78 is 5.34. The maximum Gasteiger partial charge on any atom is 0.410 e. The van der Waals surface area contributed by atoms with Crippen molar-refractivity contribution < 1.29 is 19.4 Å². The van der Waals surface area contributed by atoms with E-state index in [1.807, 2.05) is 13.8 Å². The standard InChI is InChI=1S/C15H31N3O4/c1-10(2)8-12(13(17)20)18(7-6-11(19)9-16)14(21)22-15(3,4)5/h10-12,19H,6-9,16H2,1-5H3,(H2,17,20)/t11-,12-/m0/s1. The Morgan fingerprint density at radius 1 is 1.27 bits per heavy atom. The molecule has 2 amide bonds. The maximum absolute atomic E-state index is 12.4. The summed E-state index contributed by atoms with van der Waals surface area (Å²) in [6, 6.07) is -0.764. The van der Waals surface area contributed by atoms with Crippen molar-refractivity contribution in [2.45, 2.75) is 65.2 Å². The fraction of sp³-hybridized carbons (Fsp3) is 0.867. The average molecular weight is 317 g/mol. The maximum atomic E-state index is 12.4. The van der Waals surface area contributed by atoms with E-state index in [0.717, 1.165) is 0 Å². The van der Waals surface area contributed by atoms with Gasteiger partial charge in [0.15, 0.2) is 0 Å². The monoisotopic (exact) mass is 317 g/mol. The smallest absolute Gasteiger partial charge is 0.410 e. The van der Waals surface area contributed by atoms with Gasteiger partial charge in [0.25, 0.3) is 0 Å². The summed E-state index contributed by atoms with van der Waals surface area (Å²) in [5.74, 6) is -0.399. The summed E-state index contributed by atoms with van der Waals surface area (Å²) >= 11 is 0. The third-order valence-corrected chi connectivity index (χ3v) is 3.00. The minimum absolute atomic E-state index is 0.0909. The van der Waals surface area contributed by atoms with Crippen molar-refractivity contribution >= 4 is 12.0 Å². The first-order chi connectivity index (χ1) is 9.97. The van der Waals surface area contributed by atoms with Gasteiger partial charge in [-0.1, -0.05) is 13.8 Å². The molecule has 7 heteroatoms. The first kappa shape index (κ1) is 20.7. The lowest BCUT2D eigenvalue weighted by atomic mass is 10.0. The van der Waals surface area contributed by atoms with Gasteiger partial charge in [0.1, 0.15) is 11.6 Å². The topological polar surface area (TPSA) is 119 Å². The Bertz CT molecular complexity index is 366. The average Bonchev–Trinajstić information content (AvgIpc) is 2.34. The highest BCUT2D eigenvalue weighted by Gasteiger charge is 2.32. The number of hydrogen-bond acceptors (Lipinski definition) is 5. The van der Waals surface area contributed by atoms with Gasteiger partial charge in [-0.25, -0.2) is 4.79 Å². The Hall–Kier alpha value is -1.34. The lowest BCUT2D eigenvalue weighted by molar-refractivity contribution is -0.124. The third-order valence-electron chi connectivity index (χ3n) is 3.00. The van der Waals surface area contributed by atoms with E-state index in [1.165, 1.54) is 4.90 Å². The summed E-state index contributed by atoms with van der Waals surface area (Å²) in [6.07, 6.45) is -0.649. The molecule has 0 fully saturated rings. The number of ether oxygens (including phenoxy) is 1. The molecule has 0 heterocycles. The van der Waals surface area contributed by atoms with Crippen LogP contribution in [0.1, 0.15) is 47.5 Å². The fourth-order valence-electron chi connectivity index (χ4n) is 1.94. The summed E-state index contributed by atoms with van der Waals surface area (Å²) in [6.45, 7) is 9.38. The Kier molecular flexibility index (Phi) is 8.40. The largest absolute Gasteiger partial charge is 0.444 e. The Morgan fingerprint density at radius 3 is 2.18 bits per heavy atom. The van der Waals surface area contributed by atoms with Crippen LogP contribution in [0, 0.1) is 5.92 Å². The minimum atomic E-state index is -0.764. The van der Waals surface area contributed by atoms with Gasteiger partial charge >= 0.3 is 6.09 Å². The third kappa shape index (κ3) is 8.19. The van der Waals surface area contributed by atoms with Crippen LogP contribution in [-0.2, 0) is 9.53 Å². The number of carbonyl (C=O) groups excluding carboxylic acids is 2. The normalized spacial score (nSPS) is 14.5. The van der Waals surface area contributed by atoms with Gasteiger partial charge in [-0.2, -0.15) is 0 Å². The Labute approximate surface area is 133 Å². The number of carbonyl (C=O) groups is 2. The first-order valence-corrected chi connectivity index (χ1v) is 7.65.